The van der Waals surface area contributed by atoms with Crippen LogP contribution in [-0.2, 0) is 20.9 Å². The van der Waals surface area contributed by atoms with Crippen molar-refractivity contribution in [3.05, 3.63) is 78.8 Å². The van der Waals surface area contributed by atoms with Crippen LogP contribution >= 0.6 is 0 Å². The fourth-order valence-electron chi connectivity index (χ4n) is 4.25. The molecule has 0 spiro atoms. The van der Waals surface area contributed by atoms with Gasteiger partial charge >= 0.3 is 36.4 Å². The largest absolute Gasteiger partial charge is 0.490 e. The zero-order valence-electron chi connectivity index (χ0n) is 25.4. The summed E-state index contributed by atoms with van der Waals surface area (Å²) in [5.74, 6) is -7.57. The summed E-state index contributed by atoms with van der Waals surface area (Å²) in [7, 11) is 1.68. The second-order valence-corrected chi connectivity index (χ2v) is 9.79. The lowest BCUT2D eigenvalue weighted by Gasteiger charge is -2.24. The van der Waals surface area contributed by atoms with Crippen molar-refractivity contribution < 1.29 is 74.0 Å². The van der Waals surface area contributed by atoms with Crippen LogP contribution in [0.4, 0.5) is 39.5 Å². The number of likely N-dealkylation sites (tertiary alicyclic amines) is 1. The monoisotopic (exact) mass is 727 g/mol. The van der Waals surface area contributed by atoms with E-state index < -0.39 is 36.4 Å². The summed E-state index contributed by atoms with van der Waals surface area (Å²) in [6.07, 6.45) is -3.47. The number of imidazole rings is 1. The highest BCUT2D eigenvalue weighted by atomic mass is 19.4. The highest BCUT2D eigenvalue weighted by molar-refractivity contribution is 5.73. The van der Waals surface area contributed by atoms with Crippen LogP contribution in [0.15, 0.2) is 67.5 Å². The van der Waals surface area contributed by atoms with E-state index in [0.717, 1.165) is 47.4 Å². The van der Waals surface area contributed by atoms with Crippen molar-refractivity contribution >= 4 is 23.4 Å². The molecule has 1 fully saturated rings. The Bertz CT molecular complexity index is 1670. The summed E-state index contributed by atoms with van der Waals surface area (Å²) in [5.41, 5.74) is 5.66. The Kier molecular flexibility index (Phi) is 14.1. The van der Waals surface area contributed by atoms with Gasteiger partial charge in [-0.05, 0) is 43.1 Å². The van der Waals surface area contributed by atoms with E-state index in [9.17, 15) is 39.5 Å². The first-order valence-corrected chi connectivity index (χ1v) is 13.7. The normalized spacial score (nSPS) is 14.6. The summed E-state index contributed by atoms with van der Waals surface area (Å²) < 4.78 is 103. The van der Waals surface area contributed by atoms with Gasteiger partial charge in [-0.3, -0.25) is 9.88 Å². The Morgan fingerprint density at radius 3 is 1.88 bits per heavy atom. The van der Waals surface area contributed by atoms with Crippen molar-refractivity contribution in [1.29, 1.82) is 0 Å². The molecule has 1 atom stereocenters. The van der Waals surface area contributed by atoms with Crippen molar-refractivity contribution in [2.24, 2.45) is 0 Å². The number of fused-ring (bicyclic) bond motifs is 1. The van der Waals surface area contributed by atoms with E-state index in [4.69, 9.17) is 39.4 Å². The number of carboxylic acids is 3. The number of halogens is 9. The van der Waals surface area contributed by atoms with Crippen molar-refractivity contribution in [3.63, 3.8) is 0 Å². The maximum atomic E-state index is 10.6. The molecule has 4 aromatic heterocycles. The zero-order valence-corrected chi connectivity index (χ0v) is 25.4. The molecule has 1 saturated heterocycles. The number of aromatic nitrogens is 4. The fourth-order valence-corrected chi connectivity index (χ4v) is 4.25. The van der Waals surface area contributed by atoms with Gasteiger partial charge in [0.05, 0.1) is 30.7 Å². The number of pyridine rings is 3. The molecule has 1 aliphatic heterocycles. The van der Waals surface area contributed by atoms with Crippen LogP contribution in [0.5, 0.6) is 5.88 Å². The van der Waals surface area contributed by atoms with E-state index in [1.807, 2.05) is 24.7 Å². The smallest absolute Gasteiger partial charge is 0.481 e. The first-order chi connectivity index (χ1) is 23.2. The SMILES string of the molecule is COc1ncccc1CN1CCCC1c1ncn2cc(-c3cccnc3)ccc12.O=C(O)C(F)(F)F.O=C(O)C(F)(F)F.O=C(O)C(F)(F)F. The van der Waals surface area contributed by atoms with Gasteiger partial charge in [-0.25, -0.2) is 24.4 Å². The summed E-state index contributed by atoms with van der Waals surface area (Å²) in [6, 6.07) is 12.7. The molecule has 50 heavy (non-hydrogen) atoms. The van der Waals surface area contributed by atoms with Crippen LogP contribution in [0.3, 0.4) is 0 Å². The van der Waals surface area contributed by atoms with E-state index >= 15 is 0 Å². The van der Waals surface area contributed by atoms with Gasteiger partial charge in [0.25, 0.3) is 0 Å². The number of hydrogen-bond acceptors (Lipinski definition) is 8. The van der Waals surface area contributed by atoms with Crippen molar-refractivity contribution in [1.82, 2.24) is 24.3 Å². The molecule has 4 aromatic rings. The van der Waals surface area contributed by atoms with Crippen LogP contribution in [0.25, 0.3) is 16.6 Å². The maximum Gasteiger partial charge on any atom is 0.490 e. The van der Waals surface area contributed by atoms with Crippen molar-refractivity contribution in [2.45, 2.75) is 44.0 Å². The van der Waals surface area contributed by atoms with Gasteiger partial charge in [-0.1, -0.05) is 18.2 Å². The van der Waals surface area contributed by atoms with Gasteiger partial charge in [0.1, 0.15) is 0 Å². The predicted octanol–water partition coefficient (Wildman–Crippen LogP) is 6.04. The Balaban J connectivity index is 0.000000338. The van der Waals surface area contributed by atoms with E-state index in [-0.39, 0.29) is 0 Å². The topological polar surface area (TPSA) is 167 Å². The minimum Gasteiger partial charge on any atom is -0.481 e. The lowest BCUT2D eigenvalue weighted by Crippen LogP contribution is -2.23. The minimum atomic E-state index is -5.08. The van der Waals surface area contributed by atoms with Crippen molar-refractivity contribution in [2.75, 3.05) is 13.7 Å². The van der Waals surface area contributed by atoms with Gasteiger partial charge in [-0.2, -0.15) is 39.5 Å². The molecule has 0 aromatic carbocycles. The summed E-state index contributed by atoms with van der Waals surface area (Å²) in [4.78, 5) is 42.5. The lowest BCUT2D eigenvalue weighted by molar-refractivity contribution is -0.193. The number of aliphatic carboxylic acids is 3. The summed E-state index contributed by atoms with van der Waals surface area (Å²) in [5, 5.41) is 21.4. The molecule has 5 rings (SSSR count). The number of methoxy groups -OCH3 is 1. The molecule has 1 aliphatic rings. The van der Waals surface area contributed by atoms with E-state index in [2.05, 4.69) is 49.7 Å². The van der Waals surface area contributed by atoms with E-state index in [1.165, 1.54) is 6.42 Å². The molecule has 1 unspecified atom stereocenters. The van der Waals surface area contributed by atoms with Crippen LogP contribution in [0.1, 0.15) is 30.1 Å². The number of nitrogens with zero attached hydrogens (tertiary/aromatic N) is 5. The molecule has 12 nitrogen and oxygen atoms in total. The number of hydrogen-bond donors (Lipinski definition) is 3. The molecule has 272 valence electrons. The van der Waals surface area contributed by atoms with Gasteiger partial charge in [0, 0.05) is 42.5 Å². The molecule has 0 radical (unpaired) electrons. The molecule has 21 heteroatoms. The third kappa shape index (κ3) is 12.2. The fraction of sp³-hybridized carbons (Fsp3) is 0.310. The van der Waals surface area contributed by atoms with E-state index in [0.29, 0.717) is 11.9 Å². The van der Waals surface area contributed by atoms with Crippen molar-refractivity contribution in [3.8, 4) is 17.0 Å². The van der Waals surface area contributed by atoms with Gasteiger partial charge in [-0.15, -0.1) is 0 Å². The zero-order chi connectivity index (χ0) is 37.9. The highest BCUT2D eigenvalue weighted by Gasteiger charge is 2.39. The lowest BCUT2D eigenvalue weighted by atomic mass is 10.1. The van der Waals surface area contributed by atoms with Crippen LogP contribution in [-0.4, -0.2) is 89.7 Å². The predicted molar refractivity (Wildman–Crippen MR) is 153 cm³/mol. The molecular weight excluding hydrogens is 701 g/mol. The molecule has 5 heterocycles. The third-order valence-corrected chi connectivity index (χ3v) is 6.38. The second-order valence-electron chi connectivity index (χ2n) is 9.79. The number of carbonyl (C=O) groups is 3. The average Bonchev–Trinajstić information content (AvgIpc) is 3.67. The average molecular weight is 728 g/mol. The third-order valence-electron chi connectivity index (χ3n) is 6.38. The summed E-state index contributed by atoms with van der Waals surface area (Å²) in [6.45, 7) is 1.87. The maximum absolute atomic E-state index is 10.6. The standard InChI is InChI=1S/C23H23N5O.3C2HF3O2/c1-29-23-19(6-3-11-25-23)15-27-12-4-7-20(27)22-21-9-8-18(14-28(21)16-26-22)17-5-2-10-24-13-17;3*3-2(4,5)1(6)7/h2-3,5-6,8-11,13-14,16,20H,4,7,12,15H2,1H3;3*(H,6,7). The first kappa shape index (κ1) is 40.7. The number of rotatable bonds is 5. The Labute approximate surface area is 275 Å². The Hall–Kier alpha value is -5.47. The number of alkyl halides is 9. The van der Waals surface area contributed by atoms with Gasteiger partial charge in [0.2, 0.25) is 5.88 Å². The summed E-state index contributed by atoms with van der Waals surface area (Å²) >= 11 is 0. The molecule has 0 aliphatic carbocycles. The highest BCUT2D eigenvalue weighted by Crippen LogP contribution is 2.36. The molecular formula is C29H26F9N5O7. The molecule has 0 bridgehead atoms. The molecule has 0 saturated carbocycles. The van der Waals surface area contributed by atoms with Crippen LogP contribution in [0, 0.1) is 0 Å². The van der Waals surface area contributed by atoms with Gasteiger partial charge < -0.3 is 24.5 Å². The number of carboxylic acid groups (broad SMARTS) is 3. The first-order valence-electron chi connectivity index (χ1n) is 13.7. The van der Waals surface area contributed by atoms with Crippen LogP contribution in [0.2, 0.25) is 0 Å². The quantitative estimate of drug-likeness (QED) is 0.205. The Morgan fingerprint density at radius 2 is 1.38 bits per heavy atom. The van der Waals surface area contributed by atoms with Gasteiger partial charge in [0.15, 0.2) is 0 Å². The van der Waals surface area contributed by atoms with Crippen LogP contribution < -0.4 is 4.74 Å². The number of ether oxygens (including phenoxy) is 1. The molecule has 3 N–H and O–H groups in total. The van der Waals surface area contributed by atoms with E-state index in [1.54, 1.807) is 19.5 Å². The Morgan fingerprint density at radius 1 is 0.820 bits per heavy atom. The second kappa shape index (κ2) is 17.3. The minimum absolute atomic E-state index is 0.300. The molecule has 0 amide bonds.